The molecule has 3 N–H and O–H groups in total. The Bertz CT molecular complexity index is 1110. The topological polar surface area (TPSA) is 158 Å². The van der Waals surface area contributed by atoms with Crippen LogP contribution in [0, 0.1) is 0 Å². The smallest absolute Gasteiger partial charge is 0.459 e. The van der Waals surface area contributed by atoms with Crippen molar-refractivity contribution in [3.05, 3.63) is 57.6 Å². The van der Waals surface area contributed by atoms with Gasteiger partial charge < -0.3 is 19.1 Å². The molecule has 0 saturated carbocycles. The Morgan fingerprint density at radius 1 is 1.46 bits per heavy atom. The molecule has 12 nitrogen and oxygen atoms in total. The molecule has 1 aromatic rings. The molecule has 1 saturated heterocycles. The number of aromatic amines is 1. The molecule has 6 atom stereocenters. The maximum atomic E-state index is 15.4. The SMILES string of the molecule is C=C/C=C(\C)OP(=O)(N[C@@H](C)C(=O)OC(C)C)OCC1OC(n2ccc(=O)[nH]c2=O)[C@](C)(F)[C@@H]1O. The lowest BCUT2D eigenvalue weighted by Crippen LogP contribution is -2.43. The van der Waals surface area contributed by atoms with E-state index in [1.54, 1.807) is 13.8 Å². The zero-order valence-corrected chi connectivity index (χ0v) is 21.0. The summed E-state index contributed by atoms with van der Waals surface area (Å²) in [6.45, 7) is 10.0. The number of esters is 1. The highest BCUT2D eigenvalue weighted by Gasteiger charge is 2.55. The van der Waals surface area contributed by atoms with Gasteiger partial charge in [0, 0.05) is 12.3 Å². The summed E-state index contributed by atoms with van der Waals surface area (Å²) in [6, 6.07) is -0.122. The lowest BCUT2D eigenvalue weighted by Gasteiger charge is -2.25. The molecule has 196 valence electrons. The van der Waals surface area contributed by atoms with Gasteiger partial charge in [-0.25, -0.2) is 13.8 Å². The number of aromatic nitrogens is 2. The van der Waals surface area contributed by atoms with Gasteiger partial charge in [0.1, 0.15) is 24.0 Å². The highest BCUT2D eigenvalue weighted by molar-refractivity contribution is 7.51. The highest BCUT2D eigenvalue weighted by atomic mass is 31.2. The number of H-pyrrole nitrogens is 1. The zero-order valence-electron chi connectivity index (χ0n) is 20.1. The van der Waals surface area contributed by atoms with E-state index in [0.717, 1.165) is 23.8 Å². The molecular weight excluding hydrogens is 488 g/mol. The van der Waals surface area contributed by atoms with Crippen molar-refractivity contribution in [1.29, 1.82) is 0 Å². The Morgan fingerprint density at radius 2 is 2.11 bits per heavy atom. The summed E-state index contributed by atoms with van der Waals surface area (Å²) >= 11 is 0. The lowest BCUT2D eigenvalue weighted by atomic mass is 9.98. The second-order valence-electron chi connectivity index (χ2n) is 8.37. The normalized spacial score (nSPS) is 27.3. The van der Waals surface area contributed by atoms with Crippen molar-refractivity contribution in [3.8, 4) is 0 Å². The summed E-state index contributed by atoms with van der Waals surface area (Å²) in [5.41, 5.74) is -4.12. The first-order valence-corrected chi connectivity index (χ1v) is 12.3. The number of alkyl halides is 1. The van der Waals surface area contributed by atoms with E-state index in [9.17, 15) is 24.1 Å². The standard InChI is InChI=1S/C21H31FN3O9P/c1-7-8-13(4)34-35(30,24-14(5)18(28)32-12(2)3)31-11-15-17(27)21(6,22)19(33-15)25-10-9-16(26)23-20(25)29/h7-10,12,14-15,17,19,27H,1,11H2,2-6H3,(H,24,30)(H,23,26,29)/b13-8+/t14-,15?,17+,19?,21+,35?/m0/s1. The number of aliphatic hydroxyl groups is 1. The van der Waals surface area contributed by atoms with Gasteiger partial charge >= 0.3 is 19.4 Å². The number of nitrogens with one attached hydrogen (secondary N) is 2. The van der Waals surface area contributed by atoms with Crippen LogP contribution < -0.4 is 16.3 Å². The number of allylic oxidation sites excluding steroid dienone is 3. The van der Waals surface area contributed by atoms with Gasteiger partial charge in [0.05, 0.1) is 12.7 Å². The molecule has 1 fully saturated rings. The van der Waals surface area contributed by atoms with Crippen LogP contribution in [-0.4, -0.2) is 57.3 Å². The monoisotopic (exact) mass is 519 g/mol. The minimum Gasteiger partial charge on any atom is -0.462 e. The van der Waals surface area contributed by atoms with Gasteiger partial charge in [-0.05, 0) is 40.7 Å². The summed E-state index contributed by atoms with van der Waals surface area (Å²) in [4.78, 5) is 37.6. The van der Waals surface area contributed by atoms with E-state index in [1.165, 1.54) is 26.0 Å². The van der Waals surface area contributed by atoms with Crippen LogP contribution in [0.5, 0.6) is 0 Å². The molecule has 1 aliphatic rings. The van der Waals surface area contributed by atoms with Crippen LogP contribution in [0.15, 0.2) is 46.3 Å². The van der Waals surface area contributed by atoms with Crippen LogP contribution in [0.4, 0.5) is 4.39 Å². The van der Waals surface area contributed by atoms with Crippen LogP contribution in [0.2, 0.25) is 0 Å². The van der Waals surface area contributed by atoms with Gasteiger partial charge in [-0.15, -0.1) is 0 Å². The van der Waals surface area contributed by atoms with E-state index in [0.29, 0.717) is 0 Å². The van der Waals surface area contributed by atoms with E-state index in [1.807, 2.05) is 4.98 Å². The number of ether oxygens (including phenoxy) is 2. The average molecular weight is 519 g/mol. The molecule has 1 aliphatic heterocycles. The summed E-state index contributed by atoms with van der Waals surface area (Å²) < 4.78 is 50.9. The minimum absolute atomic E-state index is 0.126. The maximum Gasteiger partial charge on any atom is 0.459 e. The fourth-order valence-corrected chi connectivity index (χ4v) is 4.78. The third-order valence-corrected chi connectivity index (χ3v) is 6.62. The minimum atomic E-state index is -4.28. The molecule has 2 heterocycles. The van der Waals surface area contributed by atoms with Crippen LogP contribution in [-0.2, 0) is 27.9 Å². The molecular formula is C21H31FN3O9P. The fourth-order valence-electron chi connectivity index (χ4n) is 3.23. The molecule has 0 aliphatic carbocycles. The van der Waals surface area contributed by atoms with E-state index in [4.69, 9.17) is 18.5 Å². The van der Waals surface area contributed by atoms with Crippen molar-refractivity contribution < 1.29 is 37.4 Å². The molecule has 2 rings (SSSR count). The third-order valence-electron chi connectivity index (χ3n) is 4.90. The summed E-state index contributed by atoms with van der Waals surface area (Å²) in [6.07, 6.45) is -1.45. The van der Waals surface area contributed by atoms with Gasteiger partial charge in [-0.3, -0.25) is 23.7 Å². The fraction of sp³-hybridized carbons (Fsp3) is 0.571. The number of rotatable bonds is 11. The van der Waals surface area contributed by atoms with Gasteiger partial charge in [0.15, 0.2) is 11.9 Å². The molecule has 0 spiro atoms. The zero-order chi connectivity index (χ0) is 26.6. The van der Waals surface area contributed by atoms with Crippen molar-refractivity contribution in [2.45, 2.75) is 70.9 Å². The molecule has 1 aromatic heterocycles. The molecule has 0 amide bonds. The molecule has 0 aromatic carbocycles. The Balaban J connectivity index is 2.24. The number of carbonyl (C=O) groups is 1. The van der Waals surface area contributed by atoms with Crippen LogP contribution in [0.3, 0.4) is 0 Å². The first kappa shape index (κ1) is 28.7. The largest absolute Gasteiger partial charge is 0.462 e. The maximum absolute atomic E-state index is 15.4. The van der Waals surface area contributed by atoms with Crippen LogP contribution >= 0.6 is 7.75 Å². The van der Waals surface area contributed by atoms with E-state index in [2.05, 4.69) is 11.7 Å². The van der Waals surface area contributed by atoms with Crippen molar-refractivity contribution in [2.75, 3.05) is 6.61 Å². The Labute approximate surface area is 201 Å². The van der Waals surface area contributed by atoms with E-state index in [-0.39, 0.29) is 5.76 Å². The Hall–Kier alpha value is -2.57. The van der Waals surface area contributed by atoms with Crippen molar-refractivity contribution >= 4 is 13.7 Å². The number of hydrogen-bond acceptors (Lipinski definition) is 9. The average Bonchev–Trinajstić information content (AvgIpc) is 2.95. The second kappa shape index (κ2) is 11.4. The van der Waals surface area contributed by atoms with E-state index < -0.39 is 67.8 Å². The molecule has 3 unspecified atom stereocenters. The lowest BCUT2D eigenvalue weighted by molar-refractivity contribution is -0.149. The summed E-state index contributed by atoms with van der Waals surface area (Å²) in [7, 11) is -4.28. The van der Waals surface area contributed by atoms with Crippen LogP contribution in [0.1, 0.15) is 40.8 Å². The first-order valence-electron chi connectivity index (χ1n) is 10.8. The van der Waals surface area contributed by atoms with E-state index >= 15 is 4.39 Å². The number of nitrogens with zero attached hydrogens (tertiary/aromatic N) is 1. The molecule has 0 bridgehead atoms. The van der Waals surface area contributed by atoms with Gasteiger partial charge in [0.2, 0.25) is 0 Å². The number of carbonyl (C=O) groups excluding carboxylic acids is 1. The van der Waals surface area contributed by atoms with Crippen molar-refractivity contribution in [2.24, 2.45) is 0 Å². The van der Waals surface area contributed by atoms with Crippen molar-refractivity contribution in [3.63, 3.8) is 0 Å². The Morgan fingerprint density at radius 3 is 2.69 bits per heavy atom. The Kier molecular flexibility index (Phi) is 9.37. The number of hydrogen-bond donors (Lipinski definition) is 3. The van der Waals surface area contributed by atoms with Gasteiger partial charge in [-0.1, -0.05) is 12.7 Å². The van der Waals surface area contributed by atoms with Gasteiger partial charge in [-0.2, -0.15) is 5.09 Å². The molecule has 0 radical (unpaired) electrons. The first-order chi connectivity index (χ1) is 16.2. The second-order valence-corrected chi connectivity index (χ2v) is 10.1. The predicted molar refractivity (Wildman–Crippen MR) is 123 cm³/mol. The highest BCUT2D eigenvalue weighted by Crippen LogP contribution is 2.48. The predicted octanol–water partition coefficient (Wildman–Crippen LogP) is 1.68. The summed E-state index contributed by atoms with van der Waals surface area (Å²) in [5.74, 6) is -0.593. The number of aliphatic hydroxyl groups excluding tert-OH is 1. The quantitative estimate of drug-likeness (QED) is 0.170. The van der Waals surface area contributed by atoms with Crippen LogP contribution in [0.25, 0.3) is 0 Å². The van der Waals surface area contributed by atoms with Crippen molar-refractivity contribution in [1.82, 2.24) is 14.6 Å². The third kappa shape index (κ3) is 7.21. The van der Waals surface area contributed by atoms with Gasteiger partial charge in [0.25, 0.3) is 5.56 Å². The molecule has 35 heavy (non-hydrogen) atoms. The summed E-state index contributed by atoms with van der Waals surface area (Å²) in [5, 5.41) is 13.0. The molecule has 14 heteroatoms. The number of halogens is 1.